The molecule has 5 aromatic rings. The fraction of sp³-hybridized carbons (Fsp3) is 0.125. The molecular formula is C24H19N5O2S. The van der Waals surface area contributed by atoms with Crippen molar-refractivity contribution in [3.8, 4) is 5.82 Å². The molecule has 8 heteroatoms. The quantitative estimate of drug-likeness (QED) is 0.312. The fourth-order valence-corrected chi connectivity index (χ4v) is 4.42. The zero-order chi connectivity index (χ0) is 22.2. The van der Waals surface area contributed by atoms with Crippen molar-refractivity contribution < 1.29 is 0 Å². The van der Waals surface area contributed by atoms with Gasteiger partial charge in [-0.1, -0.05) is 36.0 Å². The lowest BCUT2D eigenvalue weighted by molar-refractivity contribution is 0.794. The summed E-state index contributed by atoms with van der Waals surface area (Å²) < 4.78 is 3.05. The molecule has 0 saturated heterocycles. The number of benzene rings is 1. The van der Waals surface area contributed by atoms with Crippen molar-refractivity contribution in [3.63, 3.8) is 0 Å². The number of para-hydroxylation sites is 1. The van der Waals surface area contributed by atoms with E-state index in [9.17, 15) is 9.59 Å². The van der Waals surface area contributed by atoms with Gasteiger partial charge in [0.05, 0.1) is 16.6 Å². The molecule has 0 spiro atoms. The smallest absolute Gasteiger partial charge is 0.267 e. The summed E-state index contributed by atoms with van der Waals surface area (Å²) >= 11 is 1.35. The van der Waals surface area contributed by atoms with Gasteiger partial charge in [-0.05, 0) is 49.2 Å². The Bertz CT molecular complexity index is 1590. The highest BCUT2D eigenvalue weighted by Crippen LogP contribution is 2.23. The molecule has 0 aliphatic heterocycles. The van der Waals surface area contributed by atoms with Gasteiger partial charge in [-0.3, -0.25) is 14.0 Å². The fourth-order valence-electron chi connectivity index (χ4n) is 3.52. The zero-order valence-electron chi connectivity index (χ0n) is 17.5. The second-order valence-electron chi connectivity index (χ2n) is 7.51. The Kier molecular flexibility index (Phi) is 5.07. The predicted molar refractivity (Wildman–Crippen MR) is 126 cm³/mol. The molecular weight excluding hydrogens is 422 g/mol. The predicted octanol–water partition coefficient (Wildman–Crippen LogP) is 3.70. The van der Waals surface area contributed by atoms with E-state index in [1.165, 1.54) is 26.8 Å². The molecule has 7 nitrogen and oxygen atoms in total. The van der Waals surface area contributed by atoms with Crippen molar-refractivity contribution in [1.29, 1.82) is 0 Å². The summed E-state index contributed by atoms with van der Waals surface area (Å²) in [6, 6.07) is 16.2. The van der Waals surface area contributed by atoms with Gasteiger partial charge >= 0.3 is 0 Å². The number of hydrogen-bond donors (Lipinski definition) is 0. The van der Waals surface area contributed by atoms with Crippen LogP contribution >= 0.6 is 11.8 Å². The van der Waals surface area contributed by atoms with Gasteiger partial charge < -0.3 is 0 Å². The van der Waals surface area contributed by atoms with Crippen LogP contribution in [0.4, 0.5) is 0 Å². The van der Waals surface area contributed by atoms with E-state index >= 15 is 0 Å². The highest BCUT2D eigenvalue weighted by molar-refractivity contribution is 7.98. The molecule has 0 radical (unpaired) electrons. The Hall–Kier alpha value is -3.78. The van der Waals surface area contributed by atoms with Crippen molar-refractivity contribution in [1.82, 2.24) is 23.9 Å². The third-order valence-corrected chi connectivity index (χ3v) is 6.13. The van der Waals surface area contributed by atoms with Crippen LogP contribution in [0.25, 0.3) is 22.4 Å². The van der Waals surface area contributed by atoms with E-state index in [1.54, 1.807) is 24.5 Å². The summed E-state index contributed by atoms with van der Waals surface area (Å²) in [7, 11) is 0. The van der Waals surface area contributed by atoms with Crippen molar-refractivity contribution in [2.75, 3.05) is 0 Å². The second-order valence-corrected chi connectivity index (χ2v) is 8.45. The Morgan fingerprint density at radius 1 is 0.969 bits per heavy atom. The van der Waals surface area contributed by atoms with Gasteiger partial charge in [-0.15, -0.1) is 0 Å². The summed E-state index contributed by atoms with van der Waals surface area (Å²) in [5.41, 5.74) is 3.46. The van der Waals surface area contributed by atoms with Crippen LogP contribution in [0.3, 0.4) is 0 Å². The molecule has 0 aliphatic carbocycles. The third-order valence-electron chi connectivity index (χ3n) is 5.16. The standard InChI is InChI=1S/C24H19N5O2S/c1-15-9-10-20(25-13-15)29-23(31)18-7-3-4-8-19(18)27-24(29)32-14-17-12-21(30)28-11-5-6-16(2)22(28)26-17/h3-13H,14H2,1-2H3. The monoisotopic (exact) mass is 441 g/mol. The number of aromatic nitrogens is 5. The van der Waals surface area contributed by atoms with E-state index in [-0.39, 0.29) is 11.1 Å². The summed E-state index contributed by atoms with van der Waals surface area (Å²) in [5, 5.41) is 1.02. The Morgan fingerprint density at radius 3 is 2.62 bits per heavy atom. The second kappa shape index (κ2) is 8.05. The van der Waals surface area contributed by atoms with E-state index in [2.05, 4.69) is 9.97 Å². The first-order chi connectivity index (χ1) is 15.5. The van der Waals surface area contributed by atoms with E-state index in [0.717, 1.165) is 11.1 Å². The van der Waals surface area contributed by atoms with Crippen LogP contribution in [-0.2, 0) is 5.75 Å². The van der Waals surface area contributed by atoms with Crippen molar-refractivity contribution in [2.24, 2.45) is 0 Å². The lowest BCUT2D eigenvalue weighted by Crippen LogP contribution is -2.22. The molecule has 5 rings (SSSR count). The summed E-state index contributed by atoms with van der Waals surface area (Å²) in [6.45, 7) is 3.87. The maximum atomic E-state index is 13.3. The van der Waals surface area contributed by atoms with Gasteiger partial charge in [0.1, 0.15) is 11.5 Å². The summed E-state index contributed by atoms with van der Waals surface area (Å²) in [6.07, 6.45) is 3.43. The van der Waals surface area contributed by atoms with Crippen LogP contribution in [0.1, 0.15) is 16.8 Å². The lowest BCUT2D eigenvalue weighted by Gasteiger charge is -2.13. The van der Waals surface area contributed by atoms with Crippen molar-refractivity contribution in [2.45, 2.75) is 24.8 Å². The topological polar surface area (TPSA) is 82.1 Å². The van der Waals surface area contributed by atoms with Gasteiger partial charge in [-0.25, -0.2) is 19.5 Å². The van der Waals surface area contributed by atoms with Crippen LogP contribution < -0.4 is 11.1 Å². The normalized spacial score (nSPS) is 11.3. The molecule has 0 saturated carbocycles. The summed E-state index contributed by atoms with van der Waals surface area (Å²) in [4.78, 5) is 39.7. The number of rotatable bonds is 4. The number of nitrogens with zero attached hydrogens (tertiary/aromatic N) is 5. The van der Waals surface area contributed by atoms with Gasteiger partial charge in [0, 0.05) is 24.2 Å². The summed E-state index contributed by atoms with van der Waals surface area (Å²) in [5.74, 6) is 0.889. The molecule has 0 amide bonds. The van der Waals surface area contributed by atoms with Crippen LogP contribution in [0.5, 0.6) is 0 Å². The van der Waals surface area contributed by atoms with Crippen LogP contribution in [-0.4, -0.2) is 23.9 Å². The molecule has 4 aromatic heterocycles. The van der Waals surface area contributed by atoms with Gasteiger partial charge in [0.2, 0.25) is 0 Å². The molecule has 1 aromatic carbocycles. The van der Waals surface area contributed by atoms with Gasteiger partial charge in [0.25, 0.3) is 11.1 Å². The minimum absolute atomic E-state index is 0.140. The number of aryl methyl sites for hydroxylation is 2. The Morgan fingerprint density at radius 2 is 1.81 bits per heavy atom. The maximum absolute atomic E-state index is 13.3. The molecule has 0 fully saturated rings. The number of fused-ring (bicyclic) bond motifs is 2. The first kappa shape index (κ1) is 20.1. The van der Waals surface area contributed by atoms with E-state index in [4.69, 9.17) is 4.98 Å². The molecule has 0 bridgehead atoms. The van der Waals surface area contributed by atoms with Gasteiger partial charge in [-0.2, -0.15) is 0 Å². The SMILES string of the molecule is Cc1ccc(-n2c(SCc3cc(=O)n4cccc(C)c4n3)nc3ccccc3c2=O)nc1. The number of pyridine rings is 2. The molecule has 158 valence electrons. The van der Waals surface area contributed by atoms with E-state index in [0.29, 0.717) is 39.0 Å². The first-order valence-electron chi connectivity index (χ1n) is 10.1. The first-order valence-corrected chi connectivity index (χ1v) is 11.1. The highest BCUT2D eigenvalue weighted by Gasteiger charge is 2.15. The highest BCUT2D eigenvalue weighted by atomic mass is 32.2. The van der Waals surface area contributed by atoms with E-state index in [1.807, 2.05) is 50.2 Å². The molecule has 0 unspecified atom stereocenters. The number of thioether (sulfide) groups is 1. The van der Waals surface area contributed by atoms with Crippen molar-refractivity contribution in [3.05, 3.63) is 105 Å². The molecule has 4 heterocycles. The average Bonchev–Trinajstić information content (AvgIpc) is 2.79. The molecule has 0 N–H and O–H groups in total. The molecule has 0 aliphatic rings. The maximum Gasteiger partial charge on any atom is 0.267 e. The van der Waals surface area contributed by atoms with Gasteiger partial charge in [0.15, 0.2) is 5.16 Å². The van der Waals surface area contributed by atoms with Crippen LogP contribution in [0.2, 0.25) is 0 Å². The van der Waals surface area contributed by atoms with Crippen molar-refractivity contribution >= 4 is 28.3 Å². The molecule has 32 heavy (non-hydrogen) atoms. The average molecular weight is 442 g/mol. The Balaban J connectivity index is 1.61. The minimum atomic E-state index is -0.183. The lowest BCUT2D eigenvalue weighted by atomic mass is 10.2. The number of hydrogen-bond acceptors (Lipinski definition) is 6. The Labute approximate surface area is 187 Å². The third kappa shape index (κ3) is 3.58. The largest absolute Gasteiger partial charge is 0.269 e. The van der Waals surface area contributed by atoms with Crippen LogP contribution in [0.15, 0.2) is 81.7 Å². The minimum Gasteiger partial charge on any atom is -0.269 e. The molecule has 0 atom stereocenters. The zero-order valence-corrected chi connectivity index (χ0v) is 18.3. The van der Waals surface area contributed by atoms with Crippen LogP contribution in [0, 0.1) is 13.8 Å². The van der Waals surface area contributed by atoms with E-state index < -0.39 is 0 Å².